The second kappa shape index (κ2) is 10.7. The van der Waals surface area contributed by atoms with E-state index in [0.717, 1.165) is 9.13 Å². The van der Waals surface area contributed by atoms with Gasteiger partial charge in [-0.15, -0.1) is 0 Å². The maximum atomic E-state index is 12.1. The summed E-state index contributed by atoms with van der Waals surface area (Å²) in [5.41, 5.74) is 1.79. The summed E-state index contributed by atoms with van der Waals surface area (Å²) in [4.78, 5) is 12.1. The van der Waals surface area contributed by atoms with Crippen molar-refractivity contribution < 1.29 is 14.3 Å². The number of hydrogen-bond acceptors (Lipinski definition) is 4. The Labute approximate surface area is 192 Å². The van der Waals surface area contributed by atoms with E-state index in [0.29, 0.717) is 23.7 Å². The molecule has 146 valence electrons. The number of carbonyl (C=O) groups excluding carboxylic acids is 1. The van der Waals surface area contributed by atoms with E-state index in [4.69, 9.17) is 9.47 Å². The minimum atomic E-state index is -0.398. The van der Waals surface area contributed by atoms with Crippen LogP contribution >= 0.6 is 45.2 Å². The highest BCUT2D eigenvalue weighted by atomic mass is 127. The first kappa shape index (κ1) is 22.5. The molecule has 0 bridgehead atoms. The fourth-order valence-electron chi connectivity index (χ4n) is 2.35. The highest BCUT2D eigenvalue weighted by molar-refractivity contribution is 14.1. The molecule has 5 nitrogen and oxygen atoms in total. The summed E-state index contributed by atoms with van der Waals surface area (Å²) in [7, 11) is 1.56. The monoisotopic (exact) mass is 602 g/mol. The van der Waals surface area contributed by atoms with Gasteiger partial charge in [-0.3, -0.25) is 4.79 Å². The van der Waals surface area contributed by atoms with E-state index < -0.39 is 5.91 Å². The van der Waals surface area contributed by atoms with Crippen LogP contribution in [0.4, 0.5) is 0 Å². The third-order valence-electron chi connectivity index (χ3n) is 3.64. The Morgan fingerprint density at radius 3 is 2.50 bits per heavy atom. The van der Waals surface area contributed by atoms with Crippen molar-refractivity contribution in [3.63, 3.8) is 0 Å². The number of nitrogens with zero attached hydrogens (tertiary/aromatic N) is 1. The lowest BCUT2D eigenvalue weighted by Crippen LogP contribution is -2.30. The number of nitriles is 1. The van der Waals surface area contributed by atoms with Gasteiger partial charge in [0.15, 0.2) is 11.5 Å². The molecule has 2 aromatic rings. The number of hydrogen-bond donors (Lipinski definition) is 1. The van der Waals surface area contributed by atoms with E-state index in [1.54, 1.807) is 19.3 Å². The molecule has 2 rings (SSSR count). The molecule has 28 heavy (non-hydrogen) atoms. The Hall–Kier alpha value is -1.80. The Morgan fingerprint density at radius 2 is 1.93 bits per heavy atom. The van der Waals surface area contributed by atoms with Crippen LogP contribution < -0.4 is 14.8 Å². The Balaban J connectivity index is 2.27. The van der Waals surface area contributed by atoms with Crippen LogP contribution in [-0.2, 0) is 11.4 Å². The van der Waals surface area contributed by atoms with Crippen molar-refractivity contribution in [3.8, 4) is 17.6 Å². The van der Waals surface area contributed by atoms with E-state index in [-0.39, 0.29) is 11.6 Å². The third-order valence-corrected chi connectivity index (χ3v) is 5.16. The summed E-state index contributed by atoms with van der Waals surface area (Å²) in [6.07, 6.45) is 1.55. The number of amides is 1. The van der Waals surface area contributed by atoms with Crippen molar-refractivity contribution in [1.82, 2.24) is 5.32 Å². The minimum absolute atomic E-state index is 0.0408. The predicted molar refractivity (Wildman–Crippen MR) is 126 cm³/mol. The molecule has 0 unspecified atom stereocenters. The molecule has 0 aromatic heterocycles. The predicted octanol–water partition coefficient (Wildman–Crippen LogP) is 4.91. The zero-order chi connectivity index (χ0) is 20.7. The summed E-state index contributed by atoms with van der Waals surface area (Å²) in [6, 6.07) is 13.6. The molecule has 0 radical (unpaired) electrons. The first-order valence-corrected chi connectivity index (χ1v) is 10.7. The SMILES string of the molecule is COc1cc(/C=C(/C#N)C(=O)NC(C)C)cc(I)c1OCc1ccc(I)cc1. The van der Waals surface area contributed by atoms with Crippen molar-refractivity contribution in [1.29, 1.82) is 5.26 Å². The summed E-state index contributed by atoms with van der Waals surface area (Å²) < 4.78 is 13.4. The Bertz CT molecular complexity index is 916. The third kappa shape index (κ3) is 6.38. The fourth-order valence-corrected chi connectivity index (χ4v) is 3.50. The van der Waals surface area contributed by atoms with Gasteiger partial charge in [-0.2, -0.15) is 5.26 Å². The number of carbonyl (C=O) groups is 1. The topological polar surface area (TPSA) is 71.3 Å². The molecule has 1 N–H and O–H groups in total. The van der Waals surface area contributed by atoms with Crippen LogP contribution in [0.15, 0.2) is 42.0 Å². The lowest BCUT2D eigenvalue weighted by atomic mass is 10.1. The molecule has 0 aliphatic heterocycles. The first-order valence-electron chi connectivity index (χ1n) is 8.51. The Kier molecular flexibility index (Phi) is 8.57. The zero-order valence-corrected chi connectivity index (χ0v) is 20.1. The zero-order valence-electron chi connectivity index (χ0n) is 15.8. The molecule has 1 amide bonds. The van der Waals surface area contributed by atoms with Crippen LogP contribution in [0.2, 0.25) is 0 Å². The molecule has 0 saturated carbocycles. The van der Waals surface area contributed by atoms with E-state index in [1.165, 1.54) is 3.57 Å². The summed E-state index contributed by atoms with van der Waals surface area (Å²) in [6.45, 7) is 4.11. The van der Waals surface area contributed by atoms with Crippen LogP contribution in [0, 0.1) is 18.5 Å². The number of ether oxygens (including phenoxy) is 2. The largest absolute Gasteiger partial charge is 0.493 e. The average Bonchev–Trinajstić information content (AvgIpc) is 2.65. The van der Waals surface area contributed by atoms with Gasteiger partial charge >= 0.3 is 0 Å². The highest BCUT2D eigenvalue weighted by Crippen LogP contribution is 2.35. The number of rotatable bonds is 7. The molecule has 0 fully saturated rings. The molecular formula is C21H20I2N2O3. The van der Waals surface area contributed by atoms with Gasteiger partial charge in [0.25, 0.3) is 5.91 Å². The molecule has 0 aliphatic carbocycles. The number of halogens is 2. The maximum Gasteiger partial charge on any atom is 0.262 e. The van der Waals surface area contributed by atoms with E-state index in [1.807, 2.05) is 50.2 Å². The van der Waals surface area contributed by atoms with Crippen molar-refractivity contribution in [3.05, 3.63) is 60.2 Å². The van der Waals surface area contributed by atoms with E-state index in [9.17, 15) is 10.1 Å². The maximum absolute atomic E-state index is 12.1. The molecular weight excluding hydrogens is 582 g/mol. The second-order valence-corrected chi connectivity index (χ2v) is 8.66. The van der Waals surface area contributed by atoms with Gasteiger partial charge in [-0.25, -0.2) is 0 Å². The van der Waals surface area contributed by atoms with Gasteiger partial charge in [-0.1, -0.05) is 12.1 Å². The van der Waals surface area contributed by atoms with Crippen LogP contribution in [0.3, 0.4) is 0 Å². The van der Waals surface area contributed by atoms with Gasteiger partial charge in [0.2, 0.25) is 0 Å². The standard InChI is InChI=1S/C21H20I2N2O3/c1-13(2)25-21(26)16(11-24)8-15-9-18(23)20(19(10-15)27-3)28-12-14-4-6-17(22)7-5-14/h4-10,13H,12H2,1-3H3,(H,25,26)/b16-8-. The summed E-state index contributed by atoms with van der Waals surface area (Å²) >= 11 is 4.42. The molecule has 0 spiro atoms. The number of benzene rings is 2. The van der Waals surface area contributed by atoms with Gasteiger partial charge in [0.1, 0.15) is 18.2 Å². The first-order chi connectivity index (χ1) is 13.3. The smallest absolute Gasteiger partial charge is 0.262 e. The van der Waals surface area contributed by atoms with Crippen molar-refractivity contribution >= 4 is 57.2 Å². The molecule has 0 atom stereocenters. The molecule has 0 heterocycles. The summed E-state index contributed by atoms with van der Waals surface area (Å²) in [5, 5.41) is 12.0. The van der Waals surface area contributed by atoms with Crippen LogP contribution in [0.5, 0.6) is 11.5 Å². The van der Waals surface area contributed by atoms with Gasteiger partial charge < -0.3 is 14.8 Å². The normalized spacial score (nSPS) is 11.1. The highest BCUT2D eigenvalue weighted by Gasteiger charge is 2.14. The van der Waals surface area contributed by atoms with E-state index >= 15 is 0 Å². The fraction of sp³-hybridized carbons (Fsp3) is 0.238. The quantitative estimate of drug-likeness (QED) is 0.278. The summed E-state index contributed by atoms with van der Waals surface area (Å²) in [5.74, 6) is 0.777. The molecule has 7 heteroatoms. The van der Waals surface area contributed by atoms with Gasteiger partial charge in [0.05, 0.1) is 10.7 Å². The lowest BCUT2D eigenvalue weighted by molar-refractivity contribution is -0.117. The number of nitrogens with one attached hydrogen (secondary N) is 1. The molecule has 2 aromatic carbocycles. The Morgan fingerprint density at radius 1 is 1.25 bits per heavy atom. The molecule has 0 aliphatic rings. The minimum Gasteiger partial charge on any atom is -0.493 e. The van der Waals surface area contributed by atoms with Crippen molar-refractivity contribution in [2.75, 3.05) is 7.11 Å². The number of methoxy groups -OCH3 is 1. The molecule has 0 saturated heterocycles. The van der Waals surface area contributed by atoms with Gasteiger partial charge in [0, 0.05) is 9.61 Å². The van der Waals surface area contributed by atoms with Gasteiger partial charge in [-0.05, 0) is 100 Å². The van der Waals surface area contributed by atoms with Crippen LogP contribution in [-0.4, -0.2) is 19.1 Å². The van der Waals surface area contributed by atoms with Crippen LogP contribution in [0.1, 0.15) is 25.0 Å². The lowest BCUT2D eigenvalue weighted by Gasteiger charge is -2.14. The second-order valence-electron chi connectivity index (χ2n) is 6.25. The van der Waals surface area contributed by atoms with Crippen molar-refractivity contribution in [2.45, 2.75) is 26.5 Å². The average molecular weight is 602 g/mol. The van der Waals surface area contributed by atoms with Crippen LogP contribution in [0.25, 0.3) is 6.08 Å². The van der Waals surface area contributed by atoms with E-state index in [2.05, 4.69) is 50.5 Å². The van der Waals surface area contributed by atoms with Crippen molar-refractivity contribution in [2.24, 2.45) is 0 Å².